The van der Waals surface area contributed by atoms with Gasteiger partial charge in [-0.3, -0.25) is 9.59 Å². The third-order valence-corrected chi connectivity index (χ3v) is 7.64. The Morgan fingerprint density at radius 1 is 1.28 bits per heavy atom. The smallest absolute Gasteiger partial charge is 0.314 e. The quantitative estimate of drug-likeness (QED) is 0.531. The minimum Gasteiger partial charge on any atom is -0.512 e. The fraction of sp³-hybridized carbons (Fsp3) is 0.760. The summed E-state index contributed by atoms with van der Waals surface area (Å²) < 4.78 is 11.4. The molecule has 1 saturated heterocycles. The fourth-order valence-electron chi connectivity index (χ4n) is 5.16. The van der Waals surface area contributed by atoms with E-state index >= 15 is 0 Å². The highest BCUT2D eigenvalue weighted by Gasteiger charge is 2.46. The van der Waals surface area contributed by atoms with Crippen LogP contribution >= 0.6 is 0 Å². The van der Waals surface area contributed by atoms with E-state index < -0.39 is 23.6 Å². The predicted octanol–water partition coefficient (Wildman–Crippen LogP) is 3.44. The maximum Gasteiger partial charge on any atom is 0.314 e. The number of hydrogen-bond acceptors (Lipinski definition) is 7. The molecule has 0 aromatic rings. The van der Waals surface area contributed by atoms with Crippen molar-refractivity contribution in [3.8, 4) is 0 Å². The van der Waals surface area contributed by atoms with Gasteiger partial charge in [0, 0.05) is 18.3 Å². The molecule has 0 spiro atoms. The lowest BCUT2D eigenvalue weighted by Crippen LogP contribution is -2.45. The molecule has 7 heteroatoms. The molecule has 1 unspecified atom stereocenters. The van der Waals surface area contributed by atoms with E-state index in [1.807, 2.05) is 6.92 Å². The molecule has 0 aromatic carbocycles. The van der Waals surface area contributed by atoms with Gasteiger partial charge in [-0.15, -0.1) is 0 Å². The van der Waals surface area contributed by atoms with E-state index in [2.05, 4.69) is 13.0 Å². The second-order valence-corrected chi connectivity index (χ2v) is 10.6. The van der Waals surface area contributed by atoms with Gasteiger partial charge in [0.1, 0.15) is 12.2 Å². The molecule has 2 aliphatic carbocycles. The third kappa shape index (κ3) is 5.20. The van der Waals surface area contributed by atoms with E-state index in [-0.39, 0.29) is 48.3 Å². The van der Waals surface area contributed by atoms with Crippen molar-refractivity contribution in [1.29, 1.82) is 0 Å². The molecular formula is C25H38O7. The van der Waals surface area contributed by atoms with Gasteiger partial charge in [-0.25, -0.2) is 0 Å². The lowest BCUT2D eigenvalue weighted by molar-refractivity contribution is -0.171. The van der Waals surface area contributed by atoms with Crippen LogP contribution in [0.25, 0.3) is 0 Å². The average molecular weight is 451 g/mol. The second kappa shape index (κ2) is 9.56. The molecule has 3 aliphatic rings. The van der Waals surface area contributed by atoms with Crippen LogP contribution in [0.15, 0.2) is 23.5 Å². The topological polar surface area (TPSA) is 113 Å². The van der Waals surface area contributed by atoms with Crippen molar-refractivity contribution in [1.82, 2.24) is 0 Å². The number of carbonyl (C=O) groups excluding carboxylic acids is 2. The van der Waals surface area contributed by atoms with Crippen molar-refractivity contribution < 1.29 is 34.4 Å². The Balaban J connectivity index is 1.82. The molecule has 7 nitrogen and oxygen atoms in total. The van der Waals surface area contributed by atoms with Crippen LogP contribution in [0.3, 0.4) is 0 Å². The standard InChI is InChI=1S/C25H38O7/c1-13-8-16-10-20(28)14(2)19(7-6-18-11-17(27)12-22(29)31-18)23(16)21(9-13)32-24(30)25(4,5)15(3)26/h8,10,13-15,17-19,21,23,26-28H,6-7,9,11-12H2,1-5H3/t13-,14+,15?,17+,18+,19-,21-,23-/m0/s1. The van der Waals surface area contributed by atoms with E-state index in [0.29, 0.717) is 31.4 Å². The first kappa shape index (κ1) is 24.8. The molecule has 1 fully saturated rings. The number of cyclic esters (lactones) is 1. The van der Waals surface area contributed by atoms with Gasteiger partial charge >= 0.3 is 11.9 Å². The summed E-state index contributed by atoms with van der Waals surface area (Å²) in [6.07, 6.45) is 4.04. The lowest BCUT2D eigenvalue weighted by atomic mass is 9.64. The van der Waals surface area contributed by atoms with Crippen molar-refractivity contribution in [2.45, 2.75) is 91.1 Å². The number of aliphatic hydroxyl groups is 3. The van der Waals surface area contributed by atoms with Gasteiger partial charge in [-0.1, -0.05) is 19.9 Å². The number of aliphatic hydroxyl groups excluding tert-OH is 3. The van der Waals surface area contributed by atoms with E-state index in [9.17, 15) is 24.9 Å². The first-order chi connectivity index (χ1) is 14.9. The summed E-state index contributed by atoms with van der Waals surface area (Å²) in [6, 6.07) is 0. The fourth-order valence-corrected chi connectivity index (χ4v) is 5.16. The Hall–Kier alpha value is -1.86. The first-order valence-electron chi connectivity index (χ1n) is 11.8. The molecule has 0 aromatic heterocycles. The summed E-state index contributed by atoms with van der Waals surface area (Å²) in [5, 5.41) is 30.6. The Bertz CT molecular complexity index is 781. The zero-order valence-electron chi connectivity index (χ0n) is 19.8. The van der Waals surface area contributed by atoms with Crippen LogP contribution < -0.4 is 0 Å². The lowest BCUT2D eigenvalue weighted by Gasteiger charge is -2.44. The van der Waals surface area contributed by atoms with E-state index in [1.54, 1.807) is 26.8 Å². The van der Waals surface area contributed by atoms with Gasteiger partial charge in [0.15, 0.2) is 0 Å². The van der Waals surface area contributed by atoms with Crippen LogP contribution in [0.2, 0.25) is 0 Å². The summed E-state index contributed by atoms with van der Waals surface area (Å²) in [5.74, 6) is -0.560. The Kier molecular flexibility index (Phi) is 7.40. The highest BCUT2D eigenvalue weighted by Crippen LogP contribution is 2.47. The molecule has 0 bridgehead atoms. The van der Waals surface area contributed by atoms with Crippen molar-refractivity contribution >= 4 is 11.9 Å². The zero-order chi connectivity index (χ0) is 23.8. The number of carbonyl (C=O) groups is 2. The number of fused-ring (bicyclic) bond motifs is 1. The van der Waals surface area contributed by atoms with Gasteiger partial charge in [0.05, 0.1) is 29.8 Å². The molecule has 1 aliphatic heterocycles. The predicted molar refractivity (Wildman–Crippen MR) is 118 cm³/mol. The number of ether oxygens (including phenoxy) is 2. The maximum absolute atomic E-state index is 12.9. The first-order valence-corrected chi connectivity index (χ1v) is 11.8. The molecule has 180 valence electrons. The Morgan fingerprint density at radius 3 is 2.59 bits per heavy atom. The molecule has 32 heavy (non-hydrogen) atoms. The van der Waals surface area contributed by atoms with Crippen molar-refractivity contribution in [2.75, 3.05) is 0 Å². The number of rotatable bonds is 6. The zero-order valence-corrected chi connectivity index (χ0v) is 19.8. The molecule has 0 amide bonds. The van der Waals surface area contributed by atoms with Crippen LogP contribution in [-0.4, -0.2) is 51.7 Å². The van der Waals surface area contributed by atoms with Crippen LogP contribution in [0, 0.1) is 29.1 Å². The number of hydrogen-bond donors (Lipinski definition) is 3. The SMILES string of the molecule is CC(O)C(C)(C)C(=O)O[C@H]1C[C@@H](C)C=C2C=C(O)[C@H](C)[C@H](CC[C@@H]3C[C@@H](O)CC(=O)O3)[C@H]21. The molecule has 0 radical (unpaired) electrons. The summed E-state index contributed by atoms with van der Waals surface area (Å²) in [7, 11) is 0. The van der Waals surface area contributed by atoms with Crippen LogP contribution in [0.1, 0.15) is 66.7 Å². The normalized spacial score (nSPS) is 36.3. The highest BCUT2D eigenvalue weighted by molar-refractivity contribution is 5.77. The third-order valence-electron chi connectivity index (χ3n) is 7.64. The maximum atomic E-state index is 12.9. The van der Waals surface area contributed by atoms with Gasteiger partial charge < -0.3 is 24.8 Å². The molecule has 8 atom stereocenters. The monoisotopic (exact) mass is 450 g/mol. The summed E-state index contributed by atoms with van der Waals surface area (Å²) >= 11 is 0. The average Bonchev–Trinajstić information content (AvgIpc) is 2.67. The van der Waals surface area contributed by atoms with Crippen molar-refractivity contribution in [3.05, 3.63) is 23.5 Å². The Labute approximate surface area is 190 Å². The van der Waals surface area contributed by atoms with Gasteiger partial charge in [-0.05, 0) is 63.5 Å². The van der Waals surface area contributed by atoms with Crippen molar-refractivity contribution in [2.24, 2.45) is 29.1 Å². The van der Waals surface area contributed by atoms with Crippen LogP contribution in [0.5, 0.6) is 0 Å². The van der Waals surface area contributed by atoms with Gasteiger partial charge in [0.25, 0.3) is 0 Å². The largest absolute Gasteiger partial charge is 0.512 e. The van der Waals surface area contributed by atoms with Crippen molar-refractivity contribution in [3.63, 3.8) is 0 Å². The van der Waals surface area contributed by atoms with Gasteiger partial charge in [0.2, 0.25) is 0 Å². The highest BCUT2D eigenvalue weighted by atomic mass is 16.6. The van der Waals surface area contributed by atoms with E-state index in [0.717, 1.165) is 5.57 Å². The minimum atomic E-state index is -1.02. The second-order valence-electron chi connectivity index (χ2n) is 10.6. The minimum absolute atomic E-state index is 0.0102. The van der Waals surface area contributed by atoms with E-state index in [4.69, 9.17) is 9.47 Å². The summed E-state index contributed by atoms with van der Waals surface area (Å²) in [5.41, 5.74) is -0.0530. The number of esters is 2. The van der Waals surface area contributed by atoms with Crippen LogP contribution in [-0.2, 0) is 19.1 Å². The van der Waals surface area contributed by atoms with E-state index in [1.165, 1.54) is 0 Å². The molecule has 3 N–H and O–H groups in total. The molecule has 1 heterocycles. The number of allylic oxidation sites excluding steroid dienone is 3. The summed E-state index contributed by atoms with van der Waals surface area (Å²) in [4.78, 5) is 24.7. The molecular weight excluding hydrogens is 412 g/mol. The Morgan fingerprint density at radius 2 is 1.97 bits per heavy atom. The molecule has 3 rings (SSSR count). The van der Waals surface area contributed by atoms with Gasteiger partial charge in [-0.2, -0.15) is 0 Å². The molecule has 0 saturated carbocycles. The van der Waals surface area contributed by atoms with Crippen LogP contribution in [0.4, 0.5) is 0 Å². The summed E-state index contributed by atoms with van der Waals surface area (Å²) in [6.45, 7) is 8.97.